The minimum absolute atomic E-state index is 0.0699. The molecule has 0 aromatic heterocycles. The van der Waals surface area contributed by atoms with E-state index in [-0.39, 0.29) is 36.1 Å². The van der Waals surface area contributed by atoms with Gasteiger partial charge >= 0.3 is 6.36 Å². The molecule has 1 heterocycles. The number of hydrogen-bond donors (Lipinski definition) is 1. The first kappa shape index (κ1) is 21.1. The number of alkyl halides is 3. The van der Waals surface area contributed by atoms with Gasteiger partial charge < -0.3 is 15.0 Å². The van der Waals surface area contributed by atoms with E-state index in [9.17, 15) is 22.8 Å². The van der Waals surface area contributed by atoms with Crippen LogP contribution in [0.4, 0.5) is 13.2 Å². The summed E-state index contributed by atoms with van der Waals surface area (Å²) in [6.07, 6.45) is -3.89. The number of nitrogens with one attached hydrogen (secondary N) is 1. The summed E-state index contributed by atoms with van der Waals surface area (Å²) in [5.41, 5.74) is 0.663. The Balaban J connectivity index is 1.92. The Morgan fingerprint density at radius 1 is 1.30 bits per heavy atom. The zero-order valence-electron chi connectivity index (χ0n) is 15.7. The van der Waals surface area contributed by atoms with E-state index in [1.807, 2.05) is 20.8 Å². The lowest BCUT2D eigenvalue weighted by Gasteiger charge is -2.39. The second-order valence-corrected chi connectivity index (χ2v) is 7.24. The van der Waals surface area contributed by atoms with Gasteiger partial charge in [-0.15, -0.1) is 13.2 Å². The number of likely N-dealkylation sites (tertiary alicyclic amines) is 1. The largest absolute Gasteiger partial charge is 0.573 e. The van der Waals surface area contributed by atoms with Crippen molar-refractivity contribution < 1.29 is 27.5 Å². The molecule has 27 heavy (non-hydrogen) atoms. The van der Waals surface area contributed by atoms with Crippen molar-refractivity contribution in [3.05, 3.63) is 29.8 Å². The molecule has 8 heteroatoms. The monoisotopic (exact) mass is 386 g/mol. The molecule has 1 N–H and O–H groups in total. The third-order valence-electron chi connectivity index (χ3n) is 4.59. The van der Waals surface area contributed by atoms with Crippen molar-refractivity contribution in [2.24, 2.45) is 11.8 Å². The first-order valence-corrected chi connectivity index (χ1v) is 8.98. The molecule has 2 atom stereocenters. The SMILES string of the molecule is CC(C)CN1C(=O)CC[C@@H](C(=O)NCc2ccc(OC(F)(F)F)cc2)[C@H]1C. The Kier molecular flexibility index (Phi) is 6.73. The zero-order valence-corrected chi connectivity index (χ0v) is 15.7. The van der Waals surface area contributed by atoms with Crippen molar-refractivity contribution in [2.75, 3.05) is 6.54 Å². The van der Waals surface area contributed by atoms with Crippen LogP contribution in [0, 0.1) is 11.8 Å². The number of nitrogens with zero attached hydrogens (tertiary/aromatic N) is 1. The summed E-state index contributed by atoms with van der Waals surface area (Å²) in [6, 6.07) is 5.18. The Morgan fingerprint density at radius 3 is 2.48 bits per heavy atom. The molecule has 0 aliphatic carbocycles. The lowest BCUT2D eigenvalue weighted by atomic mass is 9.88. The van der Waals surface area contributed by atoms with Gasteiger partial charge in [0, 0.05) is 25.6 Å². The third kappa shape index (κ3) is 6.15. The summed E-state index contributed by atoms with van der Waals surface area (Å²) >= 11 is 0. The lowest BCUT2D eigenvalue weighted by molar-refractivity contribution is -0.274. The van der Waals surface area contributed by atoms with Crippen LogP contribution in [0.1, 0.15) is 39.2 Å². The highest BCUT2D eigenvalue weighted by Gasteiger charge is 2.36. The number of rotatable bonds is 6. The number of ether oxygens (including phenoxy) is 1. The molecule has 1 aromatic rings. The average Bonchev–Trinajstić information content (AvgIpc) is 2.56. The summed E-state index contributed by atoms with van der Waals surface area (Å²) in [5.74, 6) is -0.369. The molecule has 1 aliphatic heterocycles. The average molecular weight is 386 g/mol. The molecule has 2 rings (SSSR count). The van der Waals surface area contributed by atoms with E-state index >= 15 is 0 Å². The van der Waals surface area contributed by atoms with Gasteiger partial charge in [-0.25, -0.2) is 0 Å². The van der Waals surface area contributed by atoms with Gasteiger partial charge in [0.05, 0.1) is 5.92 Å². The van der Waals surface area contributed by atoms with Crippen molar-refractivity contribution in [2.45, 2.75) is 52.6 Å². The standard InChI is InChI=1S/C19H25F3N2O3/c1-12(2)11-24-13(3)16(8-9-17(24)25)18(26)23-10-14-4-6-15(7-5-14)27-19(20,21)22/h4-7,12-13,16H,8-11H2,1-3H3,(H,23,26)/t13-,16-/m1/s1. The van der Waals surface area contributed by atoms with Crippen molar-refractivity contribution in [3.63, 3.8) is 0 Å². The maximum atomic E-state index is 12.6. The molecule has 5 nitrogen and oxygen atoms in total. The molecule has 0 radical (unpaired) electrons. The van der Waals surface area contributed by atoms with Crippen LogP contribution in [0.15, 0.2) is 24.3 Å². The van der Waals surface area contributed by atoms with Crippen LogP contribution < -0.4 is 10.1 Å². The van der Waals surface area contributed by atoms with Crippen molar-refractivity contribution in [3.8, 4) is 5.75 Å². The molecule has 0 spiro atoms. The van der Waals surface area contributed by atoms with Crippen LogP contribution in [0.25, 0.3) is 0 Å². The predicted octanol–water partition coefficient (Wildman–Crippen LogP) is 3.48. The van der Waals surface area contributed by atoms with Crippen LogP contribution in [-0.4, -0.2) is 35.7 Å². The topological polar surface area (TPSA) is 58.6 Å². The molecule has 1 fully saturated rings. The number of amides is 2. The number of hydrogen-bond acceptors (Lipinski definition) is 3. The Labute approximate surface area is 156 Å². The van der Waals surface area contributed by atoms with E-state index in [1.54, 1.807) is 4.90 Å². The van der Waals surface area contributed by atoms with Gasteiger partial charge in [-0.05, 0) is 37.0 Å². The summed E-state index contributed by atoms with van der Waals surface area (Å²) in [7, 11) is 0. The highest BCUT2D eigenvalue weighted by atomic mass is 19.4. The highest BCUT2D eigenvalue weighted by Crippen LogP contribution is 2.26. The minimum atomic E-state index is -4.73. The van der Waals surface area contributed by atoms with Crippen LogP contribution in [0.2, 0.25) is 0 Å². The Morgan fingerprint density at radius 2 is 1.93 bits per heavy atom. The lowest BCUT2D eigenvalue weighted by Crippen LogP contribution is -2.52. The van der Waals surface area contributed by atoms with E-state index in [0.717, 1.165) is 0 Å². The molecule has 0 bridgehead atoms. The van der Waals surface area contributed by atoms with E-state index in [2.05, 4.69) is 10.1 Å². The van der Waals surface area contributed by atoms with E-state index < -0.39 is 6.36 Å². The number of carbonyl (C=O) groups is 2. The van der Waals surface area contributed by atoms with Gasteiger partial charge in [-0.2, -0.15) is 0 Å². The fourth-order valence-corrected chi connectivity index (χ4v) is 3.25. The van der Waals surface area contributed by atoms with Crippen molar-refractivity contribution in [1.82, 2.24) is 10.2 Å². The number of piperidine rings is 1. The Hall–Kier alpha value is -2.25. The van der Waals surface area contributed by atoms with Crippen molar-refractivity contribution >= 4 is 11.8 Å². The molecule has 1 aromatic carbocycles. The molecule has 1 aliphatic rings. The fraction of sp³-hybridized carbons (Fsp3) is 0.579. The van der Waals surface area contributed by atoms with Gasteiger partial charge in [0.2, 0.25) is 11.8 Å². The normalized spacial score (nSPS) is 20.7. The first-order valence-electron chi connectivity index (χ1n) is 8.98. The molecule has 150 valence electrons. The second kappa shape index (κ2) is 8.63. The number of benzene rings is 1. The van der Waals surface area contributed by atoms with Gasteiger partial charge in [-0.3, -0.25) is 9.59 Å². The smallest absolute Gasteiger partial charge is 0.406 e. The zero-order chi connectivity index (χ0) is 20.2. The Bertz CT molecular complexity index is 659. The second-order valence-electron chi connectivity index (χ2n) is 7.24. The van der Waals surface area contributed by atoms with Crippen LogP contribution in [0.5, 0.6) is 5.75 Å². The van der Waals surface area contributed by atoms with Crippen LogP contribution >= 0.6 is 0 Å². The molecule has 2 amide bonds. The maximum absolute atomic E-state index is 12.6. The summed E-state index contributed by atoms with van der Waals surface area (Å²) in [6.45, 7) is 6.75. The summed E-state index contributed by atoms with van der Waals surface area (Å²) < 4.78 is 40.3. The molecule has 1 saturated heterocycles. The van der Waals surface area contributed by atoms with Gasteiger partial charge in [0.1, 0.15) is 5.75 Å². The van der Waals surface area contributed by atoms with E-state index in [1.165, 1.54) is 24.3 Å². The molecular weight excluding hydrogens is 361 g/mol. The summed E-state index contributed by atoms with van der Waals surface area (Å²) in [4.78, 5) is 26.4. The first-order chi connectivity index (χ1) is 12.6. The van der Waals surface area contributed by atoms with Gasteiger partial charge in [0.15, 0.2) is 0 Å². The minimum Gasteiger partial charge on any atom is -0.406 e. The van der Waals surface area contributed by atoms with Crippen molar-refractivity contribution in [1.29, 1.82) is 0 Å². The fourth-order valence-electron chi connectivity index (χ4n) is 3.25. The molecule has 0 saturated carbocycles. The number of halogens is 3. The van der Waals surface area contributed by atoms with E-state index in [4.69, 9.17) is 0 Å². The number of carbonyl (C=O) groups excluding carboxylic acids is 2. The summed E-state index contributed by atoms with van der Waals surface area (Å²) in [5, 5.41) is 2.82. The quantitative estimate of drug-likeness (QED) is 0.814. The van der Waals surface area contributed by atoms with Gasteiger partial charge in [0.25, 0.3) is 0 Å². The van der Waals surface area contributed by atoms with E-state index in [0.29, 0.717) is 30.9 Å². The predicted molar refractivity (Wildman–Crippen MR) is 93.7 cm³/mol. The van der Waals surface area contributed by atoms with Gasteiger partial charge in [-0.1, -0.05) is 26.0 Å². The van der Waals surface area contributed by atoms with Crippen LogP contribution in [0.3, 0.4) is 0 Å². The maximum Gasteiger partial charge on any atom is 0.573 e. The highest BCUT2D eigenvalue weighted by molar-refractivity contribution is 5.84. The molecular formula is C19H25F3N2O3. The molecule has 0 unspecified atom stereocenters. The van der Waals surface area contributed by atoms with Crippen LogP contribution in [-0.2, 0) is 16.1 Å². The third-order valence-corrected chi connectivity index (χ3v) is 4.59.